The van der Waals surface area contributed by atoms with E-state index in [9.17, 15) is 0 Å². The molecule has 0 amide bonds. The standard InChI is InChI=1S/C25H30N/c1-17(2)12-22-16-26(6)25(14-18(22)3)24-15-23(19(4)13-20(24)5)21-10-8-7-9-11-21/h7-11,13-17H,12H2,1-6H3/q+1/i3D3,4D3,12D2. The lowest BCUT2D eigenvalue weighted by Crippen LogP contribution is -2.32. The van der Waals surface area contributed by atoms with Crippen molar-refractivity contribution in [3.8, 4) is 22.4 Å². The van der Waals surface area contributed by atoms with Gasteiger partial charge in [0.2, 0.25) is 5.69 Å². The Kier molecular flexibility index (Phi) is 3.06. The molecule has 0 aliphatic carbocycles. The van der Waals surface area contributed by atoms with Gasteiger partial charge in [-0.2, -0.15) is 0 Å². The highest BCUT2D eigenvalue weighted by Gasteiger charge is 2.18. The second-order valence-corrected chi connectivity index (χ2v) is 6.97. The van der Waals surface area contributed by atoms with E-state index in [1.165, 1.54) is 6.07 Å². The lowest BCUT2D eigenvalue weighted by molar-refractivity contribution is -0.660. The van der Waals surface area contributed by atoms with Crippen LogP contribution in [0.1, 0.15) is 47.1 Å². The van der Waals surface area contributed by atoms with Crippen LogP contribution in [-0.4, -0.2) is 0 Å². The minimum atomic E-state index is -2.52. The summed E-state index contributed by atoms with van der Waals surface area (Å²) < 4.78 is 67.2. The first-order valence-corrected chi connectivity index (χ1v) is 8.80. The third-order valence-electron chi connectivity index (χ3n) is 4.44. The zero-order valence-electron chi connectivity index (χ0n) is 23.7. The zero-order valence-corrected chi connectivity index (χ0v) is 15.7. The molecule has 0 unspecified atom stereocenters. The maximum absolute atomic E-state index is 8.54. The van der Waals surface area contributed by atoms with Crippen LogP contribution in [0, 0.1) is 26.5 Å². The van der Waals surface area contributed by atoms with Gasteiger partial charge in [-0.15, -0.1) is 0 Å². The average Bonchev–Trinajstić information content (AvgIpc) is 2.72. The molecular formula is C25H30N+. The predicted octanol–water partition coefficient (Wildman–Crippen LogP) is 5.97. The van der Waals surface area contributed by atoms with Crippen LogP contribution in [0.4, 0.5) is 0 Å². The van der Waals surface area contributed by atoms with Crippen LogP contribution >= 0.6 is 0 Å². The van der Waals surface area contributed by atoms with Gasteiger partial charge in [0.05, 0.1) is 0 Å². The fourth-order valence-corrected chi connectivity index (χ4v) is 3.18. The first-order valence-electron chi connectivity index (χ1n) is 12.8. The monoisotopic (exact) mass is 352 g/mol. The van der Waals surface area contributed by atoms with E-state index < -0.39 is 26.0 Å². The van der Waals surface area contributed by atoms with Gasteiger partial charge in [0, 0.05) is 28.2 Å². The molecule has 1 aromatic heterocycles. The normalized spacial score (nSPS) is 17.3. The van der Waals surface area contributed by atoms with Crippen molar-refractivity contribution >= 4 is 0 Å². The Bertz CT molecular complexity index is 1190. The minimum Gasteiger partial charge on any atom is -0.201 e. The van der Waals surface area contributed by atoms with Gasteiger partial charge in [0.25, 0.3) is 0 Å². The molecule has 0 saturated heterocycles. The van der Waals surface area contributed by atoms with Crippen molar-refractivity contribution in [2.24, 2.45) is 13.0 Å². The van der Waals surface area contributed by atoms with Crippen LogP contribution in [0.3, 0.4) is 0 Å². The summed E-state index contributed by atoms with van der Waals surface area (Å²) in [5.41, 5.74) is 3.58. The Hall–Kier alpha value is -2.41. The van der Waals surface area contributed by atoms with Crippen LogP contribution < -0.4 is 4.57 Å². The van der Waals surface area contributed by atoms with Crippen LogP contribution in [0.25, 0.3) is 22.4 Å². The second kappa shape index (κ2) is 7.45. The summed E-state index contributed by atoms with van der Waals surface area (Å²) in [7, 11) is 1.75. The highest BCUT2D eigenvalue weighted by atomic mass is 14.9. The highest BCUT2D eigenvalue weighted by molar-refractivity contribution is 5.75. The first kappa shape index (κ1) is 10.7. The Morgan fingerprint density at radius 1 is 0.962 bits per heavy atom. The molecule has 0 radical (unpaired) electrons. The van der Waals surface area contributed by atoms with E-state index in [1.807, 2.05) is 30.3 Å². The molecule has 0 aliphatic rings. The third kappa shape index (κ3) is 3.72. The summed E-state index contributed by atoms with van der Waals surface area (Å²) >= 11 is 0. The number of benzene rings is 2. The van der Waals surface area contributed by atoms with Crippen molar-refractivity contribution in [3.05, 3.63) is 77.0 Å². The summed E-state index contributed by atoms with van der Waals surface area (Å²) in [5, 5.41) is 0. The quantitative estimate of drug-likeness (QED) is 0.509. The Morgan fingerprint density at radius 3 is 2.35 bits per heavy atom. The Labute approximate surface area is 169 Å². The first-order chi connectivity index (χ1) is 15.5. The van der Waals surface area contributed by atoms with Gasteiger partial charge in [0.15, 0.2) is 6.20 Å². The van der Waals surface area contributed by atoms with Gasteiger partial charge >= 0.3 is 0 Å². The Balaban J connectivity index is 2.36. The summed E-state index contributed by atoms with van der Waals surface area (Å²) in [4.78, 5) is 0. The highest BCUT2D eigenvalue weighted by Crippen LogP contribution is 2.31. The van der Waals surface area contributed by atoms with Crippen molar-refractivity contribution in [1.82, 2.24) is 0 Å². The number of hydrogen-bond acceptors (Lipinski definition) is 0. The molecule has 0 spiro atoms. The number of aryl methyl sites for hydroxylation is 4. The van der Waals surface area contributed by atoms with Gasteiger partial charge in [-0.05, 0) is 66.8 Å². The molecule has 0 aliphatic heterocycles. The van der Waals surface area contributed by atoms with Crippen LogP contribution in [-0.2, 0) is 13.4 Å². The molecule has 1 heteroatoms. The van der Waals surface area contributed by atoms with Gasteiger partial charge in [-0.3, -0.25) is 0 Å². The van der Waals surface area contributed by atoms with Gasteiger partial charge in [-0.25, -0.2) is 4.57 Å². The molecule has 0 bridgehead atoms. The zero-order chi connectivity index (χ0) is 25.6. The van der Waals surface area contributed by atoms with Crippen LogP contribution in [0.15, 0.2) is 54.7 Å². The fourth-order valence-electron chi connectivity index (χ4n) is 3.18. The molecule has 2 aromatic carbocycles. The molecule has 3 aromatic rings. The van der Waals surface area contributed by atoms with Crippen LogP contribution in [0.2, 0.25) is 0 Å². The van der Waals surface area contributed by atoms with Gasteiger partial charge in [0.1, 0.15) is 7.05 Å². The second-order valence-electron chi connectivity index (χ2n) is 6.97. The fraction of sp³-hybridized carbons (Fsp3) is 0.320. The van der Waals surface area contributed by atoms with Gasteiger partial charge in [-0.1, -0.05) is 50.2 Å². The van der Waals surface area contributed by atoms with E-state index in [1.54, 1.807) is 50.7 Å². The van der Waals surface area contributed by atoms with Crippen molar-refractivity contribution in [2.75, 3.05) is 0 Å². The molecule has 0 fully saturated rings. The molecule has 26 heavy (non-hydrogen) atoms. The van der Waals surface area contributed by atoms with E-state index in [0.717, 1.165) is 5.56 Å². The SMILES string of the molecule is [2H]C([2H])([2H])c1cc(C)c(-c2cc(C([2H])([2H])[2H])c(C([2H])([2H])C(C)C)c[n+]2C)cc1-c1ccccc1. The summed E-state index contributed by atoms with van der Waals surface area (Å²) in [5.74, 6) is -0.426. The molecule has 0 N–H and O–H groups in total. The average molecular weight is 353 g/mol. The summed E-state index contributed by atoms with van der Waals surface area (Å²) in [6, 6.07) is 14.2. The topological polar surface area (TPSA) is 3.88 Å². The maximum atomic E-state index is 8.54. The number of pyridine rings is 1. The number of hydrogen-bond donors (Lipinski definition) is 0. The van der Waals surface area contributed by atoms with Crippen LogP contribution in [0.5, 0.6) is 0 Å². The minimum absolute atomic E-state index is 0.0418. The van der Waals surface area contributed by atoms with E-state index in [0.29, 0.717) is 22.4 Å². The molecule has 134 valence electrons. The molecule has 1 nitrogen and oxygen atoms in total. The van der Waals surface area contributed by atoms with Crippen molar-refractivity contribution in [2.45, 2.75) is 40.8 Å². The molecular weight excluding hydrogens is 314 g/mol. The molecule has 3 rings (SSSR count). The largest absolute Gasteiger partial charge is 0.212 e. The summed E-state index contributed by atoms with van der Waals surface area (Å²) in [6.45, 7) is 0.408. The molecule has 0 atom stereocenters. The summed E-state index contributed by atoms with van der Waals surface area (Å²) in [6.07, 6.45) is -0.286. The third-order valence-corrected chi connectivity index (χ3v) is 4.44. The number of rotatable bonds is 4. The number of aromatic nitrogens is 1. The van der Waals surface area contributed by atoms with Crippen molar-refractivity contribution < 1.29 is 15.5 Å². The molecule has 0 saturated carbocycles. The lowest BCUT2D eigenvalue weighted by Gasteiger charge is -2.14. The Morgan fingerprint density at radius 2 is 1.69 bits per heavy atom. The lowest BCUT2D eigenvalue weighted by atomic mass is 9.92. The number of nitrogens with zero attached hydrogens (tertiary/aromatic N) is 1. The van der Waals surface area contributed by atoms with E-state index in [4.69, 9.17) is 11.0 Å². The van der Waals surface area contributed by atoms with Crippen molar-refractivity contribution in [3.63, 3.8) is 0 Å². The predicted molar refractivity (Wildman–Crippen MR) is 111 cm³/mol. The molecule has 1 heterocycles. The van der Waals surface area contributed by atoms with Gasteiger partial charge < -0.3 is 0 Å². The smallest absolute Gasteiger partial charge is 0.201 e. The van der Waals surface area contributed by atoms with E-state index in [2.05, 4.69) is 0 Å². The van der Waals surface area contributed by atoms with E-state index >= 15 is 0 Å². The van der Waals surface area contributed by atoms with E-state index in [-0.39, 0.29) is 16.7 Å². The maximum Gasteiger partial charge on any atom is 0.212 e. The van der Waals surface area contributed by atoms with Crippen molar-refractivity contribution in [1.29, 1.82) is 0 Å².